The second kappa shape index (κ2) is 10.6. The summed E-state index contributed by atoms with van der Waals surface area (Å²) in [6.45, 7) is 0. The van der Waals surface area contributed by atoms with Crippen LogP contribution in [0.4, 0.5) is 0 Å². The summed E-state index contributed by atoms with van der Waals surface area (Å²) in [5.74, 6) is 0.867. The van der Waals surface area contributed by atoms with Gasteiger partial charge in [-0.2, -0.15) is 0 Å². The minimum Gasteiger partial charge on any atom is -0.455 e. The molecule has 0 radical (unpaired) electrons. The zero-order valence-electron chi connectivity index (χ0n) is 23.2. The van der Waals surface area contributed by atoms with Crippen molar-refractivity contribution in [3.8, 4) is 50.5 Å². The molecule has 204 valence electrons. The Labute approximate surface area is 258 Å². The van der Waals surface area contributed by atoms with E-state index in [9.17, 15) is 0 Å². The highest BCUT2D eigenvalue weighted by Crippen LogP contribution is 2.44. The maximum atomic E-state index is 6.64. The summed E-state index contributed by atoms with van der Waals surface area (Å²) in [5.41, 5.74) is 11.0. The first-order valence-corrected chi connectivity index (χ1v) is 15.2. The molecule has 8 aromatic rings. The average molecular weight is 617 g/mol. The Hall–Kier alpha value is -5.12. The van der Waals surface area contributed by atoms with Crippen molar-refractivity contribution in [2.45, 2.75) is 0 Å². The summed E-state index contributed by atoms with van der Waals surface area (Å²) < 4.78 is 10.00. The number of nitrogens with zero attached hydrogens (tertiary/aromatic N) is 1. The summed E-state index contributed by atoms with van der Waals surface area (Å²) in [4.78, 5) is 0. The lowest BCUT2D eigenvalue weighted by molar-refractivity contribution is 0.632. The fraction of sp³-hybridized carbons (Fsp3) is 0. The molecule has 0 N–H and O–H groups in total. The van der Waals surface area contributed by atoms with Crippen LogP contribution in [0.15, 0.2) is 167 Å². The molecule has 2 nitrogen and oxygen atoms in total. The Morgan fingerprint density at radius 1 is 0.488 bits per heavy atom. The first-order valence-electron chi connectivity index (χ1n) is 14.4. The Bertz CT molecular complexity index is 2240. The van der Waals surface area contributed by atoms with Crippen LogP contribution in [0.5, 0.6) is 0 Å². The highest BCUT2D eigenvalue weighted by atomic mass is 79.9. The van der Waals surface area contributed by atoms with Crippen LogP contribution in [0.3, 0.4) is 0 Å². The van der Waals surface area contributed by atoms with Crippen molar-refractivity contribution in [3.05, 3.63) is 162 Å². The van der Waals surface area contributed by atoms with Gasteiger partial charge in [-0.15, -0.1) is 0 Å². The number of rotatable bonds is 5. The van der Waals surface area contributed by atoms with Gasteiger partial charge in [0.1, 0.15) is 11.3 Å². The third kappa shape index (κ3) is 4.59. The SMILES string of the molecule is Brc1cc(-c2c(-c3cccc(-c4ccccc4)c3)oc3ccccc23)cc(-c2cc3ccccc3n2-c2ccccc2)c1. The molecule has 0 fully saturated rings. The molecule has 6 aromatic carbocycles. The van der Waals surface area contributed by atoms with Crippen molar-refractivity contribution in [3.63, 3.8) is 0 Å². The third-order valence-electron chi connectivity index (χ3n) is 8.03. The molecule has 2 aromatic heterocycles. The summed E-state index contributed by atoms with van der Waals surface area (Å²) >= 11 is 3.87. The average Bonchev–Trinajstić information content (AvgIpc) is 3.65. The minimum absolute atomic E-state index is 0.867. The number of aromatic nitrogens is 1. The molecule has 0 aliphatic rings. The van der Waals surface area contributed by atoms with E-state index >= 15 is 0 Å². The van der Waals surface area contributed by atoms with Crippen LogP contribution in [0.25, 0.3) is 72.4 Å². The first-order chi connectivity index (χ1) is 21.2. The summed E-state index contributed by atoms with van der Waals surface area (Å²) in [6, 6.07) is 55.5. The van der Waals surface area contributed by atoms with Crippen LogP contribution in [0, 0.1) is 0 Å². The van der Waals surface area contributed by atoms with Gasteiger partial charge >= 0.3 is 0 Å². The van der Waals surface area contributed by atoms with Crippen molar-refractivity contribution in [1.29, 1.82) is 0 Å². The van der Waals surface area contributed by atoms with Gasteiger partial charge < -0.3 is 8.98 Å². The molecule has 0 atom stereocenters. The molecule has 0 amide bonds. The van der Waals surface area contributed by atoms with Gasteiger partial charge in [-0.25, -0.2) is 0 Å². The summed E-state index contributed by atoms with van der Waals surface area (Å²) in [6.07, 6.45) is 0. The number of benzene rings is 6. The van der Waals surface area contributed by atoms with Crippen molar-refractivity contribution < 1.29 is 4.42 Å². The largest absolute Gasteiger partial charge is 0.455 e. The molecule has 0 unspecified atom stereocenters. The predicted molar refractivity (Wildman–Crippen MR) is 182 cm³/mol. The van der Waals surface area contributed by atoms with Gasteiger partial charge in [0.2, 0.25) is 0 Å². The van der Waals surface area contributed by atoms with E-state index in [0.717, 1.165) is 60.4 Å². The van der Waals surface area contributed by atoms with E-state index < -0.39 is 0 Å². The highest BCUT2D eigenvalue weighted by Gasteiger charge is 2.20. The maximum absolute atomic E-state index is 6.64. The standard InChI is InChI=1S/C40H26BrNO/c41-33-24-31(37-26-29-14-7-9-20-36(29)42(37)34-17-5-2-6-18-34)23-32(25-33)39-35-19-8-10-21-38(35)43-40(39)30-16-11-15-28(22-30)27-12-3-1-4-13-27/h1-26H. The molecular formula is C40H26BrNO. The van der Waals surface area contributed by atoms with E-state index in [4.69, 9.17) is 4.42 Å². The smallest absolute Gasteiger partial charge is 0.143 e. The van der Waals surface area contributed by atoms with Crippen molar-refractivity contribution in [2.75, 3.05) is 0 Å². The molecule has 0 spiro atoms. The molecule has 0 aliphatic carbocycles. The van der Waals surface area contributed by atoms with Gasteiger partial charge in [-0.3, -0.25) is 0 Å². The van der Waals surface area contributed by atoms with Crippen LogP contribution in [-0.4, -0.2) is 4.57 Å². The Morgan fingerprint density at radius 2 is 1.14 bits per heavy atom. The third-order valence-corrected chi connectivity index (χ3v) is 8.49. The van der Waals surface area contributed by atoms with Gasteiger partial charge in [-0.05, 0) is 71.3 Å². The number of hydrogen-bond donors (Lipinski definition) is 0. The van der Waals surface area contributed by atoms with Crippen LogP contribution in [-0.2, 0) is 0 Å². The molecule has 43 heavy (non-hydrogen) atoms. The number of para-hydroxylation sites is 3. The van der Waals surface area contributed by atoms with E-state index in [1.165, 1.54) is 16.5 Å². The Kier molecular flexibility index (Phi) is 6.31. The number of furan rings is 1. The lowest BCUT2D eigenvalue weighted by atomic mass is 9.95. The van der Waals surface area contributed by atoms with Gasteiger partial charge in [-0.1, -0.05) is 119 Å². The second-order valence-electron chi connectivity index (χ2n) is 10.7. The minimum atomic E-state index is 0.867. The molecule has 0 saturated carbocycles. The predicted octanol–water partition coefficient (Wildman–Crippen LogP) is 11.8. The molecule has 0 saturated heterocycles. The van der Waals surface area contributed by atoms with E-state index in [1.807, 2.05) is 12.1 Å². The van der Waals surface area contributed by atoms with E-state index in [1.54, 1.807) is 0 Å². The lowest BCUT2D eigenvalue weighted by Crippen LogP contribution is -1.96. The van der Waals surface area contributed by atoms with Gasteiger partial charge in [0.05, 0.1) is 11.2 Å². The number of halogens is 1. The molecule has 0 aliphatic heterocycles. The first kappa shape index (κ1) is 25.6. The fourth-order valence-electron chi connectivity index (χ4n) is 6.11. The quantitative estimate of drug-likeness (QED) is 0.188. The van der Waals surface area contributed by atoms with Gasteiger partial charge in [0.15, 0.2) is 0 Å². The fourth-order valence-corrected chi connectivity index (χ4v) is 6.60. The van der Waals surface area contributed by atoms with Crippen LogP contribution in [0.1, 0.15) is 0 Å². The molecule has 8 rings (SSSR count). The second-order valence-corrected chi connectivity index (χ2v) is 11.7. The van der Waals surface area contributed by atoms with E-state index in [2.05, 4.69) is 166 Å². The normalized spacial score (nSPS) is 11.4. The van der Waals surface area contributed by atoms with Crippen LogP contribution >= 0.6 is 15.9 Å². The number of hydrogen-bond acceptors (Lipinski definition) is 1. The summed E-state index contributed by atoms with van der Waals surface area (Å²) in [5, 5.41) is 2.30. The van der Waals surface area contributed by atoms with Crippen molar-refractivity contribution in [2.24, 2.45) is 0 Å². The molecule has 0 bridgehead atoms. The summed E-state index contributed by atoms with van der Waals surface area (Å²) in [7, 11) is 0. The van der Waals surface area contributed by atoms with Crippen LogP contribution < -0.4 is 0 Å². The monoisotopic (exact) mass is 615 g/mol. The Balaban J connectivity index is 1.35. The van der Waals surface area contributed by atoms with E-state index in [-0.39, 0.29) is 0 Å². The van der Waals surface area contributed by atoms with Gasteiger partial charge in [0, 0.05) is 37.6 Å². The Morgan fingerprint density at radius 3 is 2.00 bits per heavy atom. The van der Waals surface area contributed by atoms with E-state index in [0.29, 0.717) is 0 Å². The maximum Gasteiger partial charge on any atom is 0.143 e. The molecular weight excluding hydrogens is 590 g/mol. The van der Waals surface area contributed by atoms with Gasteiger partial charge in [0.25, 0.3) is 0 Å². The van der Waals surface area contributed by atoms with Crippen molar-refractivity contribution >= 4 is 37.8 Å². The van der Waals surface area contributed by atoms with Crippen LogP contribution in [0.2, 0.25) is 0 Å². The van der Waals surface area contributed by atoms with Crippen molar-refractivity contribution in [1.82, 2.24) is 4.57 Å². The highest BCUT2D eigenvalue weighted by molar-refractivity contribution is 9.10. The lowest BCUT2D eigenvalue weighted by Gasteiger charge is -2.13. The molecule has 3 heteroatoms. The topological polar surface area (TPSA) is 18.1 Å². The zero-order valence-corrected chi connectivity index (χ0v) is 24.8. The zero-order chi connectivity index (χ0) is 28.8. The molecule has 2 heterocycles. The number of fused-ring (bicyclic) bond motifs is 2.